The number of hydrogen-bond donors (Lipinski definition) is 3. The van der Waals surface area contributed by atoms with E-state index in [0.717, 1.165) is 5.56 Å². The molecule has 2 aliphatic rings. The third kappa shape index (κ3) is 5.52. The summed E-state index contributed by atoms with van der Waals surface area (Å²) in [5.41, 5.74) is 7.45. The normalized spacial score (nSPS) is 24.0. The molecule has 1 unspecified atom stereocenters. The predicted molar refractivity (Wildman–Crippen MR) is 140 cm³/mol. The van der Waals surface area contributed by atoms with E-state index in [1.165, 1.54) is 18.2 Å². The predicted octanol–water partition coefficient (Wildman–Crippen LogP) is 4.70. The highest BCUT2D eigenvalue weighted by molar-refractivity contribution is 6.00. The Morgan fingerprint density at radius 1 is 1.05 bits per heavy atom. The summed E-state index contributed by atoms with van der Waals surface area (Å²) < 4.78 is 32.0. The molecule has 39 heavy (non-hydrogen) atoms. The average Bonchev–Trinajstić information content (AvgIpc) is 3.57. The number of halogens is 2. The number of nitrogens with one attached hydrogen (secondary N) is 1. The van der Waals surface area contributed by atoms with Gasteiger partial charge in [0.2, 0.25) is 17.6 Å². The number of carboxylic acid groups (broad SMARTS) is 1. The number of rotatable bonds is 7. The standard InChI is InChI=1S/C29H31F2N3O5/c30-15-23(32)17-1-3-18(4-2-17)28(36)34-12-11-22(16-5-7-20(31)8-6-16)26(34)27(35)33-21-9-10-24-19(13-21)14-25(39-24)29(37)38/h5-10,13-14,17-18,22-23,26H,1-4,11-12,15,32H2,(H,33,35)(H,37,38)/t17?,18?,22-,23?,26-/m0/s1. The molecule has 0 spiro atoms. The smallest absolute Gasteiger partial charge is 0.371 e. The van der Waals surface area contributed by atoms with E-state index < -0.39 is 24.7 Å². The minimum atomic E-state index is -1.19. The van der Waals surface area contributed by atoms with E-state index in [9.17, 15) is 28.3 Å². The number of likely N-dealkylation sites (tertiary alicyclic amines) is 1. The van der Waals surface area contributed by atoms with Gasteiger partial charge in [-0.2, -0.15) is 0 Å². The van der Waals surface area contributed by atoms with Gasteiger partial charge in [-0.15, -0.1) is 0 Å². The quantitative estimate of drug-likeness (QED) is 0.400. The Kier molecular flexibility index (Phi) is 7.65. The average molecular weight is 540 g/mol. The summed E-state index contributed by atoms with van der Waals surface area (Å²) in [6.07, 6.45) is 3.05. The number of furan rings is 1. The van der Waals surface area contributed by atoms with Gasteiger partial charge in [0.05, 0.1) is 0 Å². The summed E-state index contributed by atoms with van der Waals surface area (Å²) in [7, 11) is 0. The number of fused-ring (bicyclic) bond motifs is 1. The van der Waals surface area contributed by atoms with Crippen LogP contribution in [0.15, 0.2) is 52.9 Å². The van der Waals surface area contributed by atoms with Crippen LogP contribution in [-0.2, 0) is 9.59 Å². The third-order valence-electron chi connectivity index (χ3n) is 8.15. The van der Waals surface area contributed by atoms with Gasteiger partial charge in [0.25, 0.3) is 0 Å². The molecule has 1 saturated heterocycles. The summed E-state index contributed by atoms with van der Waals surface area (Å²) in [6.45, 7) is -0.204. The van der Waals surface area contributed by atoms with Gasteiger partial charge in [-0.1, -0.05) is 12.1 Å². The number of anilines is 1. The van der Waals surface area contributed by atoms with Crippen molar-refractivity contribution < 1.29 is 32.7 Å². The van der Waals surface area contributed by atoms with Crippen LogP contribution in [0.25, 0.3) is 11.0 Å². The van der Waals surface area contributed by atoms with Crippen LogP contribution in [0.5, 0.6) is 0 Å². The highest BCUT2D eigenvalue weighted by Gasteiger charge is 2.44. The fraction of sp³-hybridized carbons (Fsp3) is 0.414. The molecule has 0 bridgehead atoms. The van der Waals surface area contributed by atoms with E-state index in [0.29, 0.717) is 55.3 Å². The summed E-state index contributed by atoms with van der Waals surface area (Å²) in [4.78, 5) is 40.3. The lowest BCUT2D eigenvalue weighted by atomic mass is 9.78. The van der Waals surface area contributed by atoms with Gasteiger partial charge in [0, 0.05) is 35.5 Å². The molecule has 2 fully saturated rings. The molecule has 0 radical (unpaired) electrons. The van der Waals surface area contributed by atoms with Gasteiger partial charge in [-0.25, -0.2) is 13.6 Å². The summed E-state index contributed by atoms with van der Waals surface area (Å²) in [6, 6.07) is 10.8. The topological polar surface area (TPSA) is 126 Å². The van der Waals surface area contributed by atoms with Crippen LogP contribution < -0.4 is 11.1 Å². The lowest BCUT2D eigenvalue weighted by Crippen LogP contribution is -2.48. The molecule has 1 saturated carbocycles. The van der Waals surface area contributed by atoms with E-state index in [1.54, 1.807) is 35.2 Å². The molecule has 2 aromatic carbocycles. The van der Waals surface area contributed by atoms with E-state index in [4.69, 9.17) is 10.2 Å². The summed E-state index contributed by atoms with van der Waals surface area (Å²) in [5, 5.41) is 12.6. The SMILES string of the molecule is NC(CF)C1CCC(C(=O)N2CC[C@@H](c3ccc(F)cc3)[C@H]2C(=O)Nc2ccc3oc(C(=O)O)cc3c2)CC1. The van der Waals surface area contributed by atoms with E-state index in [1.807, 2.05) is 0 Å². The van der Waals surface area contributed by atoms with Gasteiger partial charge in [-0.3, -0.25) is 9.59 Å². The van der Waals surface area contributed by atoms with Crippen molar-refractivity contribution in [2.24, 2.45) is 17.6 Å². The van der Waals surface area contributed by atoms with Crippen molar-refractivity contribution in [1.82, 2.24) is 4.90 Å². The first-order valence-corrected chi connectivity index (χ1v) is 13.2. The van der Waals surface area contributed by atoms with Crippen LogP contribution in [0.2, 0.25) is 0 Å². The van der Waals surface area contributed by atoms with Crippen molar-refractivity contribution in [2.75, 3.05) is 18.5 Å². The second kappa shape index (κ2) is 11.1. The van der Waals surface area contributed by atoms with E-state index in [-0.39, 0.29) is 41.1 Å². The monoisotopic (exact) mass is 539 g/mol. The Morgan fingerprint density at radius 2 is 1.77 bits per heavy atom. The Balaban J connectivity index is 1.38. The fourth-order valence-electron chi connectivity index (χ4n) is 6.02. The zero-order valence-electron chi connectivity index (χ0n) is 21.3. The molecular formula is C29H31F2N3O5. The number of nitrogens with zero attached hydrogens (tertiary/aromatic N) is 1. The zero-order valence-corrected chi connectivity index (χ0v) is 21.3. The van der Waals surface area contributed by atoms with Crippen molar-refractivity contribution in [3.63, 3.8) is 0 Å². The van der Waals surface area contributed by atoms with Crippen LogP contribution in [0.3, 0.4) is 0 Å². The lowest BCUT2D eigenvalue weighted by molar-refractivity contribution is -0.141. The molecule has 10 heteroatoms. The van der Waals surface area contributed by atoms with Gasteiger partial charge in [-0.05, 0) is 80.0 Å². The third-order valence-corrected chi connectivity index (χ3v) is 8.15. The largest absolute Gasteiger partial charge is 0.475 e. The number of alkyl halides is 1. The van der Waals surface area contributed by atoms with Crippen LogP contribution in [-0.4, -0.2) is 53.1 Å². The van der Waals surface area contributed by atoms with Crippen LogP contribution in [0.1, 0.15) is 54.1 Å². The van der Waals surface area contributed by atoms with Gasteiger partial charge in [0.15, 0.2) is 0 Å². The fourth-order valence-corrected chi connectivity index (χ4v) is 6.02. The molecule has 3 atom stereocenters. The molecule has 1 aliphatic heterocycles. The van der Waals surface area contributed by atoms with Crippen LogP contribution in [0, 0.1) is 17.7 Å². The van der Waals surface area contributed by atoms with Crippen molar-refractivity contribution in [3.05, 3.63) is 65.7 Å². The number of carbonyl (C=O) groups excluding carboxylic acids is 2. The molecule has 1 aromatic heterocycles. The van der Waals surface area contributed by atoms with Crippen LogP contribution >= 0.6 is 0 Å². The molecule has 2 heterocycles. The van der Waals surface area contributed by atoms with E-state index >= 15 is 0 Å². The van der Waals surface area contributed by atoms with Gasteiger partial charge >= 0.3 is 5.97 Å². The molecule has 206 valence electrons. The van der Waals surface area contributed by atoms with Crippen molar-refractivity contribution in [1.29, 1.82) is 0 Å². The number of aromatic carboxylic acids is 1. The molecule has 5 rings (SSSR count). The van der Waals surface area contributed by atoms with Crippen molar-refractivity contribution in [3.8, 4) is 0 Å². The Hall–Kier alpha value is -3.79. The van der Waals surface area contributed by atoms with Crippen molar-refractivity contribution in [2.45, 2.75) is 50.1 Å². The maximum absolute atomic E-state index is 13.7. The van der Waals surface area contributed by atoms with Crippen LogP contribution in [0.4, 0.5) is 14.5 Å². The summed E-state index contributed by atoms with van der Waals surface area (Å²) >= 11 is 0. The second-order valence-electron chi connectivity index (χ2n) is 10.5. The number of hydrogen-bond acceptors (Lipinski definition) is 5. The first-order chi connectivity index (χ1) is 18.7. The zero-order chi connectivity index (χ0) is 27.7. The highest BCUT2D eigenvalue weighted by Crippen LogP contribution is 2.38. The molecular weight excluding hydrogens is 508 g/mol. The minimum Gasteiger partial charge on any atom is -0.475 e. The molecule has 1 aliphatic carbocycles. The van der Waals surface area contributed by atoms with Gasteiger partial charge in [0.1, 0.15) is 24.1 Å². The Morgan fingerprint density at radius 3 is 2.44 bits per heavy atom. The van der Waals surface area contributed by atoms with E-state index in [2.05, 4.69) is 5.32 Å². The number of carboxylic acids is 1. The number of carbonyl (C=O) groups is 3. The Bertz CT molecular complexity index is 1370. The number of benzene rings is 2. The highest BCUT2D eigenvalue weighted by atomic mass is 19.1. The van der Waals surface area contributed by atoms with Gasteiger partial charge < -0.3 is 25.5 Å². The number of nitrogens with two attached hydrogens (primary N) is 1. The molecule has 8 nitrogen and oxygen atoms in total. The van der Waals surface area contributed by atoms with Crippen molar-refractivity contribution >= 4 is 34.4 Å². The molecule has 2 amide bonds. The molecule has 3 aromatic rings. The maximum atomic E-state index is 13.7. The first-order valence-electron chi connectivity index (χ1n) is 13.2. The lowest BCUT2D eigenvalue weighted by Gasteiger charge is -2.35. The number of amides is 2. The Labute approximate surface area is 224 Å². The molecule has 4 N–H and O–H groups in total. The second-order valence-corrected chi connectivity index (χ2v) is 10.5. The maximum Gasteiger partial charge on any atom is 0.371 e. The first kappa shape index (κ1) is 26.8. The summed E-state index contributed by atoms with van der Waals surface area (Å²) in [5.74, 6) is -2.84. The minimum absolute atomic E-state index is 0.0446.